The first kappa shape index (κ1) is 17.2. The smallest absolute Gasteiger partial charge is 0.193 e. The number of hydrogen-bond donors (Lipinski definition) is 1. The molecule has 7 heteroatoms. The van der Waals surface area contributed by atoms with Crippen LogP contribution in [0.3, 0.4) is 0 Å². The highest BCUT2D eigenvalue weighted by Crippen LogP contribution is 2.23. The van der Waals surface area contributed by atoms with Crippen molar-refractivity contribution in [3.63, 3.8) is 0 Å². The summed E-state index contributed by atoms with van der Waals surface area (Å²) in [5.74, 6) is 0.948. The van der Waals surface area contributed by atoms with E-state index in [1.807, 2.05) is 11.8 Å². The summed E-state index contributed by atoms with van der Waals surface area (Å²) in [5.41, 5.74) is 0. The van der Waals surface area contributed by atoms with Crippen LogP contribution in [-0.4, -0.2) is 69.7 Å². The zero-order valence-electron chi connectivity index (χ0n) is 13.0. The summed E-state index contributed by atoms with van der Waals surface area (Å²) in [7, 11) is -1.29. The van der Waals surface area contributed by atoms with Gasteiger partial charge in [-0.1, -0.05) is 0 Å². The van der Waals surface area contributed by atoms with E-state index in [1.165, 1.54) is 0 Å². The van der Waals surface area contributed by atoms with Crippen LogP contribution in [0.5, 0.6) is 0 Å². The monoisotopic (exact) mass is 305 g/mol. The zero-order chi connectivity index (χ0) is 15.2. The lowest BCUT2D eigenvalue weighted by Gasteiger charge is -2.39. The maximum atomic E-state index is 12.0. The highest BCUT2D eigenvalue weighted by Gasteiger charge is 2.40. The maximum absolute atomic E-state index is 12.0. The average molecular weight is 305 g/mol. The molecule has 1 rings (SSSR count). The van der Waals surface area contributed by atoms with Gasteiger partial charge in [0.2, 0.25) is 0 Å². The Morgan fingerprint density at radius 1 is 1.45 bits per heavy atom. The van der Waals surface area contributed by atoms with Crippen LogP contribution in [0.2, 0.25) is 0 Å². The molecule has 0 unspecified atom stereocenters. The van der Waals surface area contributed by atoms with Crippen LogP contribution < -0.4 is 5.32 Å². The van der Waals surface area contributed by atoms with Gasteiger partial charge in [-0.2, -0.15) is 0 Å². The SMILES string of the molecule is CCOCCCNC(=NC)N1CCS(=O)(=O)C(C)(C)C1. The van der Waals surface area contributed by atoms with Gasteiger partial charge in [-0.15, -0.1) is 0 Å². The molecule has 1 fully saturated rings. The molecule has 0 saturated carbocycles. The number of aliphatic imine (C=N–C) groups is 1. The van der Waals surface area contributed by atoms with E-state index < -0.39 is 14.6 Å². The predicted molar refractivity (Wildman–Crippen MR) is 81.9 cm³/mol. The molecule has 0 bridgehead atoms. The molecule has 118 valence electrons. The van der Waals surface area contributed by atoms with E-state index in [0.29, 0.717) is 13.1 Å². The first-order valence-electron chi connectivity index (χ1n) is 7.09. The predicted octanol–water partition coefficient (Wildman–Crippen LogP) is 0.497. The minimum Gasteiger partial charge on any atom is -0.382 e. The minimum absolute atomic E-state index is 0.180. The molecule has 0 aromatic heterocycles. The topological polar surface area (TPSA) is 71.0 Å². The van der Waals surface area contributed by atoms with Gasteiger partial charge in [0.25, 0.3) is 0 Å². The van der Waals surface area contributed by atoms with Crippen molar-refractivity contribution in [3.05, 3.63) is 0 Å². The minimum atomic E-state index is -3.01. The van der Waals surface area contributed by atoms with Gasteiger partial charge < -0.3 is 15.0 Å². The molecule has 0 spiro atoms. The van der Waals surface area contributed by atoms with E-state index in [-0.39, 0.29) is 5.75 Å². The number of rotatable bonds is 5. The third-order valence-electron chi connectivity index (χ3n) is 3.51. The van der Waals surface area contributed by atoms with Gasteiger partial charge in [0, 0.05) is 39.9 Å². The summed E-state index contributed by atoms with van der Waals surface area (Å²) in [5, 5.41) is 3.26. The largest absolute Gasteiger partial charge is 0.382 e. The quantitative estimate of drug-likeness (QED) is 0.455. The van der Waals surface area contributed by atoms with Crippen molar-refractivity contribution >= 4 is 15.8 Å². The van der Waals surface area contributed by atoms with Gasteiger partial charge in [-0.3, -0.25) is 4.99 Å². The second-order valence-corrected chi connectivity index (χ2v) is 8.27. The van der Waals surface area contributed by atoms with Crippen molar-refractivity contribution in [1.29, 1.82) is 0 Å². The highest BCUT2D eigenvalue weighted by atomic mass is 32.2. The standard InChI is InChI=1S/C13H27N3O3S/c1-5-19-9-6-7-15-12(14-4)16-8-10-20(17,18)13(2,3)11-16/h5-11H2,1-4H3,(H,14,15). The fraction of sp³-hybridized carbons (Fsp3) is 0.923. The molecule has 0 aromatic carbocycles. The Labute approximate surface area is 122 Å². The number of hydrogen-bond acceptors (Lipinski definition) is 4. The number of guanidine groups is 1. The van der Waals surface area contributed by atoms with Crippen LogP contribution in [0.15, 0.2) is 4.99 Å². The summed E-state index contributed by atoms with van der Waals surface area (Å²) in [4.78, 5) is 6.25. The van der Waals surface area contributed by atoms with Crippen molar-refractivity contribution in [1.82, 2.24) is 10.2 Å². The number of sulfone groups is 1. The Morgan fingerprint density at radius 2 is 2.15 bits per heavy atom. The number of ether oxygens (including phenoxy) is 1. The van der Waals surface area contributed by atoms with E-state index in [4.69, 9.17) is 4.74 Å². The average Bonchev–Trinajstić information content (AvgIpc) is 2.37. The van der Waals surface area contributed by atoms with E-state index in [9.17, 15) is 8.42 Å². The summed E-state index contributed by atoms with van der Waals surface area (Å²) in [6.45, 7) is 8.72. The van der Waals surface area contributed by atoms with Crippen LogP contribution >= 0.6 is 0 Å². The molecule has 1 saturated heterocycles. The summed E-state index contributed by atoms with van der Waals surface area (Å²) in [6, 6.07) is 0. The molecule has 1 aliphatic rings. The van der Waals surface area contributed by atoms with Crippen molar-refractivity contribution in [2.75, 3.05) is 45.6 Å². The van der Waals surface area contributed by atoms with Crippen molar-refractivity contribution in [2.24, 2.45) is 4.99 Å². The third kappa shape index (κ3) is 4.34. The molecular weight excluding hydrogens is 278 g/mol. The summed E-state index contributed by atoms with van der Waals surface area (Å²) >= 11 is 0. The van der Waals surface area contributed by atoms with Crippen LogP contribution in [0, 0.1) is 0 Å². The number of nitrogens with one attached hydrogen (secondary N) is 1. The first-order chi connectivity index (χ1) is 9.34. The second-order valence-electron chi connectivity index (χ2n) is 5.52. The van der Waals surface area contributed by atoms with Crippen molar-refractivity contribution in [2.45, 2.75) is 31.9 Å². The third-order valence-corrected chi connectivity index (χ3v) is 6.04. The number of nitrogens with zero attached hydrogens (tertiary/aromatic N) is 2. The molecule has 6 nitrogen and oxygen atoms in total. The zero-order valence-corrected chi connectivity index (χ0v) is 13.8. The molecule has 1 aliphatic heterocycles. The fourth-order valence-electron chi connectivity index (χ4n) is 2.18. The Hall–Kier alpha value is -0.820. The summed E-state index contributed by atoms with van der Waals surface area (Å²) in [6.07, 6.45) is 0.905. The molecular formula is C13H27N3O3S. The van der Waals surface area contributed by atoms with Gasteiger partial charge >= 0.3 is 0 Å². The van der Waals surface area contributed by atoms with Crippen LogP contribution in [-0.2, 0) is 14.6 Å². The van der Waals surface area contributed by atoms with Crippen molar-refractivity contribution in [3.8, 4) is 0 Å². The summed E-state index contributed by atoms with van der Waals surface area (Å²) < 4.78 is 28.5. The van der Waals surface area contributed by atoms with Crippen LogP contribution in [0.4, 0.5) is 0 Å². The lowest BCUT2D eigenvalue weighted by atomic mass is 10.2. The van der Waals surface area contributed by atoms with Crippen LogP contribution in [0.25, 0.3) is 0 Å². The Balaban J connectivity index is 2.52. The maximum Gasteiger partial charge on any atom is 0.193 e. The molecule has 1 N–H and O–H groups in total. The molecule has 0 aliphatic carbocycles. The first-order valence-corrected chi connectivity index (χ1v) is 8.75. The van der Waals surface area contributed by atoms with Crippen molar-refractivity contribution < 1.29 is 13.2 Å². The lowest BCUT2D eigenvalue weighted by molar-refractivity contribution is 0.145. The van der Waals surface area contributed by atoms with E-state index in [1.54, 1.807) is 20.9 Å². The molecule has 0 radical (unpaired) electrons. The van der Waals surface area contributed by atoms with E-state index in [2.05, 4.69) is 10.3 Å². The molecule has 0 atom stereocenters. The lowest BCUT2D eigenvalue weighted by Crippen LogP contribution is -2.57. The fourth-order valence-corrected chi connectivity index (χ4v) is 3.54. The van der Waals surface area contributed by atoms with Gasteiger partial charge in [-0.05, 0) is 27.2 Å². The normalized spacial score (nSPS) is 21.8. The van der Waals surface area contributed by atoms with E-state index >= 15 is 0 Å². The van der Waals surface area contributed by atoms with Crippen LogP contribution in [0.1, 0.15) is 27.2 Å². The Bertz CT molecular complexity index is 432. The van der Waals surface area contributed by atoms with Gasteiger partial charge in [0.15, 0.2) is 15.8 Å². The van der Waals surface area contributed by atoms with E-state index in [0.717, 1.165) is 32.1 Å². The highest BCUT2D eigenvalue weighted by molar-refractivity contribution is 7.92. The molecule has 20 heavy (non-hydrogen) atoms. The van der Waals surface area contributed by atoms with Gasteiger partial charge in [0.05, 0.1) is 10.5 Å². The Morgan fingerprint density at radius 3 is 2.70 bits per heavy atom. The Kier molecular flexibility index (Phi) is 6.26. The van der Waals surface area contributed by atoms with Gasteiger partial charge in [-0.25, -0.2) is 8.42 Å². The molecule has 0 aromatic rings. The van der Waals surface area contributed by atoms with Gasteiger partial charge in [0.1, 0.15) is 0 Å². The second kappa shape index (κ2) is 7.26. The molecule has 1 heterocycles. The molecule has 0 amide bonds.